The molecule has 1 aromatic rings. The van der Waals surface area contributed by atoms with Gasteiger partial charge in [-0.1, -0.05) is 0 Å². The van der Waals surface area contributed by atoms with E-state index >= 15 is 0 Å². The van der Waals surface area contributed by atoms with Crippen LogP contribution in [0.15, 0.2) is 16.8 Å². The average molecular weight is 243 g/mol. The number of rotatable bonds is 3. The first-order valence-electron chi connectivity index (χ1n) is 4.83. The fraction of sp³-hybridized carbons (Fsp3) is 0.500. The minimum absolute atomic E-state index is 0.00134. The summed E-state index contributed by atoms with van der Waals surface area (Å²) in [6, 6.07) is 2.04. The van der Waals surface area contributed by atoms with Gasteiger partial charge in [0.25, 0.3) is 0 Å². The van der Waals surface area contributed by atoms with Crippen LogP contribution >= 0.6 is 23.1 Å². The highest BCUT2D eigenvalue weighted by atomic mass is 32.2. The molecule has 0 aromatic carbocycles. The fourth-order valence-corrected chi connectivity index (χ4v) is 3.75. The van der Waals surface area contributed by atoms with E-state index in [0.29, 0.717) is 6.54 Å². The van der Waals surface area contributed by atoms with E-state index in [-0.39, 0.29) is 23.1 Å². The molecule has 0 saturated carbocycles. The number of aliphatic hydroxyl groups is 1. The second kappa shape index (κ2) is 4.55. The number of hydrogen-bond acceptors (Lipinski definition) is 4. The molecule has 0 bridgehead atoms. The highest BCUT2D eigenvalue weighted by Crippen LogP contribution is 2.43. The molecule has 0 unspecified atom stereocenters. The van der Waals surface area contributed by atoms with Crippen LogP contribution in [0.4, 0.5) is 0 Å². The van der Waals surface area contributed by atoms with E-state index < -0.39 is 0 Å². The van der Waals surface area contributed by atoms with Gasteiger partial charge in [-0.15, -0.1) is 11.8 Å². The topological polar surface area (TPSA) is 40.5 Å². The summed E-state index contributed by atoms with van der Waals surface area (Å²) in [5.41, 5.74) is 1.16. The first kappa shape index (κ1) is 11.0. The van der Waals surface area contributed by atoms with Crippen molar-refractivity contribution in [3.05, 3.63) is 22.4 Å². The van der Waals surface area contributed by atoms with E-state index in [9.17, 15) is 4.79 Å². The van der Waals surface area contributed by atoms with Gasteiger partial charge in [-0.2, -0.15) is 11.3 Å². The van der Waals surface area contributed by atoms with Gasteiger partial charge in [0.1, 0.15) is 5.37 Å². The number of nitrogens with zero attached hydrogens (tertiary/aromatic N) is 1. The zero-order valence-electron chi connectivity index (χ0n) is 8.42. The predicted molar refractivity (Wildman–Crippen MR) is 62.9 cm³/mol. The Labute approximate surface area is 97.1 Å². The molecule has 1 fully saturated rings. The molecular formula is C10H13NO2S2. The summed E-state index contributed by atoms with van der Waals surface area (Å²) in [7, 11) is 0. The van der Waals surface area contributed by atoms with Crippen LogP contribution in [0.25, 0.3) is 0 Å². The van der Waals surface area contributed by atoms with Gasteiger partial charge in [0, 0.05) is 6.54 Å². The SMILES string of the molecule is C[C@@H]1S[C@H](c2ccsc2)N(CCO)C1=O. The summed E-state index contributed by atoms with van der Waals surface area (Å²) in [5.74, 6) is 0.130. The largest absolute Gasteiger partial charge is 0.395 e. The van der Waals surface area contributed by atoms with E-state index in [4.69, 9.17) is 5.11 Å². The second-order valence-corrected chi connectivity index (χ2v) is 5.65. The van der Waals surface area contributed by atoms with Crippen LogP contribution in [-0.2, 0) is 4.79 Å². The Bertz CT molecular complexity index is 339. The number of thioether (sulfide) groups is 1. The average Bonchev–Trinajstić information content (AvgIpc) is 2.81. The standard InChI is InChI=1S/C10H13NO2S2/c1-7-9(13)11(3-4-12)10(15-7)8-2-5-14-6-8/h2,5-7,10,12H,3-4H2,1H3/t7-,10+/m0/s1. The zero-order valence-corrected chi connectivity index (χ0v) is 10.1. The van der Waals surface area contributed by atoms with E-state index in [2.05, 4.69) is 5.38 Å². The predicted octanol–water partition coefficient (Wildman–Crippen LogP) is 1.70. The maximum absolute atomic E-state index is 11.8. The van der Waals surface area contributed by atoms with Crippen LogP contribution in [-0.4, -0.2) is 34.3 Å². The Kier molecular flexibility index (Phi) is 3.33. The van der Waals surface area contributed by atoms with E-state index in [1.165, 1.54) is 0 Å². The highest BCUT2D eigenvalue weighted by molar-refractivity contribution is 8.01. The Balaban J connectivity index is 2.20. The molecule has 0 spiro atoms. The maximum Gasteiger partial charge on any atom is 0.236 e. The number of β-amino-alcohol motifs (C(OH)–C–C–N with tert-alkyl or cyclic N) is 1. The second-order valence-electron chi connectivity index (χ2n) is 3.44. The van der Waals surface area contributed by atoms with Crippen molar-refractivity contribution in [3.8, 4) is 0 Å². The van der Waals surface area contributed by atoms with Gasteiger partial charge in [0.2, 0.25) is 5.91 Å². The molecule has 0 radical (unpaired) electrons. The van der Waals surface area contributed by atoms with Gasteiger partial charge in [0.05, 0.1) is 11.9 Å². The first-order chi connectivity index (χ1) is 7.24. The number of thiophene rings is 1. The van der Waals surface area contributed by atoms with E-state index in [1.54, 1.807) is 28.0 Å². The molecule has 1 saturated heterocycles. The summed E-state index contributed by atoms with van der Waals surface area (Å²) < 4.78 is 0. The molecule has 1 aliphatic rings. The zero-order chi connectivity index (χ0) is 10.8. The van der Waals surface area contributed by atoms with Crippen LogP contribution < -0.4 is 0 Å². The molecule has 5 heteroatoms. The Morgan fingerprint density at radius 2 is 2.40 bits per heavy atom. The van der Waals surface area contributed by atoms with Gasteiger partial charge in [-0.05, 0) is 29.3 Å². The molecule has 1 N–H and O–H groups in total. The van der Waals surface area contributed by atoms with Crippen LogP contribution in [0.1, 0.15) is 17.9 Å². The molecule has 2 rings (SSSR count). The Morgan fingerprint density at radius 1 is 1.60 bits per heavy atom. The van der Waals surface area contributed by atoms with Crippen molar-refractivity contribution in [1.82, 2.24) is 4.90 Å². The lowest BCUT2D eigenvalue weighted by Crippen LogP contribution is -2.32. The normalized spacial score (nSPS) is 26.3. The van der Waals surface area contributed by atoms with E-state index in [1.807, 2.05) is 18.4 Å². The van der Waals surface area contributed by atoms with Crippen molar-refractivity contribution in [2.75, 3.05) is 13.2 Å². The quantitative estimate of drug-likeness (QED) is 0.878. The number of hydrogen-bond donors (Lipinski definition) is 1. The number of amides is 1. The third-order valence-corrected chi connectivity index (χ3v) is 4.51. The van der Waals surface area contributed by atoms with Crippen molar-refractivity contribution < 1.29 is 9.90 Å². The third kappa shape index (κ3) is 2.04. The van der Waals surface area contributed by atoms with Crippen molar-refractivity contribution in [2.45, 2.75) is 17.5 Å². The molecule has 2 atom stereocenters. The van der Waals surface area contributed by atoms with Crippen molar-refractivity contribution >= 4 is 29.0 Å². The summed E-state index contributed by atoms with van der Waals surface area (Å²) in [5, 5.41) is 13.1. The van der Waals surface area contributed by atoms with E-state index in [0.717, 1.165) is 5.56 Å². The maximum atomic E-state index is 11.8. The number of carbonyl (C=O) groups is 1. The molecule has 1 amide bonds. The van der Waals surface area contributed by atoms with Crippen molar-refractivity contribution in [2.24, 2.45) is 0 Å². The minimum Gasteiger partial charge on any atom is -0.395 e. The van der Waals surface area contributed by atoms with Gasteiger partial charge in [0.15, 0.2) is 0 Å². The molecule has 0 aliphatic carbocycles. The lowest BCUT2D eigenvalue weighted by molar-refractivity contribution is -0.130. The van der Waals surface area contributed by atoms with Gasteiger partial charge in [-0.3, -0.25) is 4.79 Å². The van der Waals surface area contributed by atoms with Gasteiger partial charge < -0.3 is 10.0 Å². The summed E-state index contributed by atoms with van der Waals surface area (Å²) >= 11 is 3.29. The number of carbonyl (C=O) groups excluding carboxylic acids is 1. The molecule has 82 valence electrons. The molecule has 1 aliphatic heterocycles. The Morgan fingerprint density at radius 3 is 3.00 bits per heavy atom. The molecule has 3 nitrogen and oxygen atoms in total. The van der Waals surface area contributed by atoms with Crippen LogP contribution in [0.3, 0.4) is 0 Å². The molecule has 1 aromatic heterocycles. The summed E-state index contributed by atoms with van der Waals surface area (Å²) in [6.07, 6.45) is 0. The fourth-order valence-electron chi connectivity index (χ4n) is 1.68. The van der Waals surface area contributed by atoms with Crippen molar-refractivity contribution in [3.63, 3.8) is 0 Å². The van der Waals surface area contributed by atoms with Crippen LogP contribution in [0.2, 0.25) is 0 Å². The first-order valence-corrected chi connectivity index (χ1v) is 6.71. The Hall–Kier alpha value is -0.520. The lowest BCUT2D eigenvalue weighted by Gasteiger charge is -2.22. The van der Waals surface area contributed by atoms with Gasteiger partial charge in [-0.25, -0.2) is 0 Å². The highest BCUT2D eigenvalue weighted by Gasteiger charge is 2.37. The summed E-state index contributed by atoms with van der Waals surface area (Å²) in [4.78, 5) is 13.6. The van der Waals surface area contributed by atoms with Crippen molar-refractivity contribution in [1.29, 1.82) is 0 Å². The minimum atomic E-state index is 0.00134. The van der Waals surface area contributed by atoms with Crippen LogP contribution in [0.5, 0.6) is 0 Å². The molecular weight excluding hydrogens is 230 g/mol. The lowest BCUT2D eigenvalue weighted by atomic mass is 10.3. The molecule has 15 heavy (non-hydrogen) atoms. The molecule has 2 heterocycles. The smallest absolute Gasteiger partial charge is 0.236 e. The third-order valence-electron chi connectivity index (χ3n) is 2.42. The number of aliphatic hydroxyl groups excluding tert-OH is 1. The monoisotopic (exact) mass is 243 g/mol. The van der Waals surface area contributed by atoms with Crippen LogP contribution in [0, 0.1) is 0 Å². The summed E-state index contributed by atoms with van der Waals surface area (Å²) in [6.45, 7) is 2.38. The van der Waals surface area contributed by atoms with Gasteiger partial charge >= 0.3 is 0 Å².